The summed E-state index contributed by atoms with van der Waals surface area (Å²) in [5.74, 6) is 1.89. The summed E-state index contributed by atoms with van der Waals surface area (Å²) >= 11 is 0. The molecule has 3 N–H and O–H groups in total. The zero-order valence-electron chi connectivity index (χ0n) is 11.6. The maximum Gasteiger partial charge on any atom is 0.242 e. The fourth-order valence-electron chi connectivity index (χ4n) is 1.70. The largest absolute Gasteiger partial charge is 0.479 e. The van der Waals surface area contributed by atoms with Crippen LogP contribution in [-0.4, -0.2) is 23.6 Å². The molecule has 0 aliphatic carbocycles. The maximum absolute atomic E-state index is 5.95. The van der Waals surface area contributed by atoms with Crippen LogP contribution in [0.15, 0.2) is 0 Å². The first-order valence-corrected chi connectivity index (χ1v) is 6.67. The predicted molar refractivity (Wildman–Crippen MR) is 75.0 cm³/mol. The third-order valence-electron chi connectivity index (χ3n) is 2.79. The predicted octanol–water partition coefficient (Wildman–Crippen LogP) is 2.62. The summed E-state index contributed by atoms with van der Waals surface area (Å²) in [6, 6.07) is 0. The Balaban J connectivity index is 2.63. The van der Waals surface area contributed by atoms with Crippen LogP contribution in [0, 0.1) is 0 Å². The third-order valence-corrected chi connectivity index (χ3v) is 2.79. The van der Waals surface area contributed by atoms with Crippen LogP contribution in [0.25, 0.3) is 0 Å². The highest BCUT2D eigenvalue weighted by molar-refractivity contribution is 5.66. The number of rotatable bonds is 8. The number of aromatic nitrogens is 2. The van der Waals surface area contributed by atoms with Gasteiger partial charge in [-0.15, -0.1) is 0 Å². The van der Waals surface area contributed by atoms with E-state index >= 15 is 0 Å². The topological polar surface area (TPSA) is 73.1 Å². The van der Waals surface area contributed by atoms with E-state index in [0.29, 0.717) is 17.4 Å². The van der Waals surface area contributed by atoms with Gasteiger partial charge in [-0.1, -0.05) is 33.1 Å². The van der Waals surface area contributed by atoms with Crippen molar-refractivity contribution in [2.75, 3.05) is 24.7 Å². The third kappa shape index (κ3) is 4.05. The minimum absolute atomic E-state index is 0.456. The van der Waals surface area contributed by atoms with E-state index in [1.807, 2.05) is 6.92 Å². The van der Waals surface area contributed by atoms with E-state index in [1.165, 1.54) is 19.3 Å². The van der Waals surface area contributed by atoms with Gasteiger partial charge in [0.2, 0.25) is 5.88 Å². The van der Waals surface area contributed by atoms with Crippen LogP contribution in [0.5, 0.6) is 5.88 Å². The second-order valence-corrected chi connectivity index (χ2v) is 4.25. The molecule has 0 aromatic carbocycles. The number of ether oxygens (including phenoxy) is 1. The van der Waals surface area contributed by atoms with E-state index in [0.717, 1.165) is 25.2 Å². The molecule has 18 heavy (non-hydrogen) atoms. The monoisotopic (exact) mass is 252 g/mol. The SMILES string of the molecule is CCCCCCNc1nc(CC)nc(OC)c1N. The van der Waals surface area contributed by atoms with Crippen molar-refractivity contribution in [3.05, 3.63) is 5.82 Å². The van der Waals surface area contributed by atoms with E-state index in [9.17, 15) is 0 Å². The summed E-state index contributed by atoms with van der Waals surface area (Å²) in [7, 11) is 1.57. The average molecular weight is 252 g/mol. The summed E-state index contributed by atoms with van der Waals surface area (Å²) < 4.78 is 5.16. The van der Waals surface area contributed by atoms with E-state index in [-0.39, 0.29) is 0 Å². The van der Waals surface area contributed by atoms with Gasteiger partial charge in [0, 0.05) is 13.0 Å². The number of nitrogens with two attached hydrogens (primary N) is 1. The van der Waals surface area contributed by atoms with Gasteiger partial charge in [0.15, 0.2) is 5.82 Å². The van der Waals surface area contributed by atoms with Gasteiger partial charge in [0.25, 0.3) is 0 Å². The average Bonchev–Trinajstić information content (AvgIpc) is 2.40. The molecule has 102 valence electrons. The molecule has 5 heteroatoms. The molecule has 0 aliphatic heterocycles. The number of hydrogen-bond donors (Lipinski definition) is 2. The number of unbranched alkanes of at least 4 members (excludes halogenated alkanes) is 3. The fraction of sp³-hybridized carbons (Fsp3) is 0.692. The molecule has 0 saturated carbocycles. The molecular weight excluding hydrogens is 228 g/mol. The first-order valence-electron chi connectivity index (χ1n) is 6.67. The maximum atomic E-state index is 5.95. The van der Waals surface area contributed by atoms with Crippen molar-refractivity contribution in [2.45, 2.75) is 46.0 Å². The minimum atomic E-state index is 0.456. The molecule has 0 fully saturated rings. The van der Waals surface area contributed by atoms with Crippen LogP contribution in [0.2, 0.25) is 0 Å². The lowest BCUT2D eigenvalue weighted by molar-refractivity contribution is 0.397. The standard InChI is InChI=1S/C13H24N4O/c1-4-6-7-8-9-15-12-11(14)13(18-3)17-10(5-2)16-12/h4-9,14H2,1-3H3,(H,15,16,17). The molecule has 5 nitrogen and oxygen atoms in total. The number of nitrogens with zero attached hydrogens (tertiary/aromatic N) is 2. The van der Waals surface area contributed by atoms with Crippen LogP contribution < -0.4 is 15.8 Å². The Kier molecular flexibility index (Phi) is 6.25. The van der Waals surface area contributed by atoms with Gasteiger partial charge in [0.1, 0.15) is 11.5 Å². The van der Waals surface area contributed by atoms with Gasteiger partial charge in [-0.05, 0) is 6.42 Å². The Morgan fingerprint density at radius 3 is 2.56 bits per heavy atom. The number of aryl methyl sites for hydroxylation is 1. The van der Waals surface area contributed by atoms with Gasteiger partial charge in [-0.3, -0.25) is 0 Å². The molecule has 0 unspecified atom stereocenters. The molecule has 1 rings (SSSR count). The molecule has 0 saturated heterocycles. The quantitative estimate of drug-likeness (QED) is 0.696. The van der Waals surface area contributed by atoms with Crippen molar-refractivity contribution in [3.63, 3.8) is 0 Å². The van der Waals surface area contributed by atoms with Crippen LogP contribution >= 0.6 is 0 Å². The lowest BCUT2D eigenvalue weighted by atomic mass is 10.2. The number of nitrogens with one attached hydrogen (secondary N) is 1. The van der Waals surface area contributed by atoms with Gasteiger partial charge in [0.05, 0.1) is 7.11 Å². The fourth-order valence-corrected chi connectivity index (χ4v) is 1.70. The van der Waals surface area contributed by atoms with Crippen LogP contribution in [0.1, 0.15) is 45.4 Å². The minimum Gasteiger partial charge on any atom is -0.479 e. The summed E-state index contributed by atoms with van der Waals surface area (Å²) in [6.07, 6.45) is 5.63. The van der Waals surface area contributed by atoms with E-state index in [4.69, 9.17) is 10.5 Å². The summed E-state index contributed by atoms with van der Waals surface area (Å²) in [4.78, 5) is 8.62. The van der Waals surface area contributed by atoms with Crippen molar-refractivity contribution in [3.8, 4) is 5.88 Å². The first kappa shape index (κ1) is 14.5. The second-order valence-electron chi connectivity index (χ2n) is 4.25. The van der Waals surface area contributed by atoms with E-state index in [1.54, 1.807) is 7.11 Å². The number of hydrogen-bond acceptors (Lipinski definition) is 5. The normalized spacial score (nSPS) is 10.4. The lowest BCUT2D eigenvalue weighted by Crippen LogP contribution is -2.10. The van der Waals surface area contributed by atoms with Gasteiger partial charge < -0.3 is 15.8 Å². The van der Waals surface area contributed by atoms with Crippen LogP contribution in [-0.2, 0) is 6.42 Å². The van der Waals surface area contributed by atoms with Crippen molar-refractivity contribution >= 4 is 11.5 Å². The number of methoxy groups -OCH3 is 1. The number of anilines is 2. The Bertz CT molecular complexity index is 368. The summed E-state index contributed by atoms with van der Waals surface area (Å²) in [5, 5.41) is 3.27. The molecule has 0 atom stereocenters. The molecule has 0 spiro atoms. The van der Waals surface area contributed by atoms with Crippen molar-refractivity contribution in [1.82, 2.24) is 9.97 Å². The van der Waals surface area contributed by atoms with Gasteiger partial charge >= 0.3 is 0 Å². The Morgan fingerprint density at radius 1 is 1.17 bits per heavy atom. The molecule has 0 aliphatic rings. The first-order chi connectivity index (χ1) is 8.72. The van der Waals surface area contributed by atoms with Gasteiger partial charge in [-0.25, -0.2) is 4.98 Å². The number of nitrogen functional groups attached to an aromatic ring is 1. The summed E-state index contributed by atoms with van der Waals surface area (Å²) in [5.41, 5.74) is 6.44. The second kappa shape index (κ2) is 7.74. The molecule has 0 radical (unpaired) electrons. The molecular formula is C13H24N4O. The highest BCUT2D eigenvalue weighted by Gasteiger charge is 2.10. The lowest BCUT2D eigenvalue weighted by Gasteiger charge is -2.12. The molecule has 0 bridgehead atoms. The highest BCUT2D eigenvalue weighted by atomic mass is 16.5. The van der Waals surface area contributed by atoms with Crippen molar-refractivity contribution in [2.24, 2.45) is 0 Å². The Morgan fingerprint density at radius 2 is 1.94 bits per heavy atom. The highest BCUT2D eigenvalue weighted by Crippen LogP contribution is 2.25. The zero-order valence-corrected chi connectivity index (χ0v) is 11.6. The molecule has 1 aromatic rings. The molecule has 0 amide bonds. The Hall–Kier alpha value is -1.52. The van der Waals surface area contributed by atoms with Crippen molar-refractivity contribution < 1.29 is 4.74 Å². The van der Waals surface area contributed by atoms with E-state index < -0.39 is 0 Å². The van der Waals surface area contributed by atoms with E-state index in [2.05, 4.69) is 22.2 Å². The zero-order chi connectivity index (χ0) is 13.4. The Labute approximate surface area is 109 Å². The summed E-state index contributed by atoms with van der Waals surface area (Å²) in [6.45, 7) is 5.09. The van der Waals surface area contributed by atoms with Gasteiger partial charge in [-0.2, -0.15) is 4.98 Å². The van der Waals surface area contributed by atoms with Crippen molar-refractivity contribution in [1.29, 1.82) is 0 Å². The van der Waals surface area contributed by atoms with Crippen LogP contribution in [0.4, 0.5) is 11.5 Å². The molecule has 1 heterocycles. The van der Waals surface area contributed by atoms with Crippen LogP contribution in [0.3, 0.4) is 0 Å². The molecule has 1 aromatic heterocycles. The smallest absolute Gasteiger partial charge is 0.242 e.